The first-order chi connectivity index (χ1) is 7.69. The Balaban J connectivity index is 2.85. The number of ether oxygens (including phenoxy) is 1. The number of halogens is 1. The van der Waals surface area contributed by atoms with Crippen LogP contribution in [0.4, 0.5) is 0 Å². The normalized spacial score (nSPS) is 12.5. The van der Waals surface area contributed by atoms with E-state index < -0.39 is 0 Å². The predicted octanol–water partition coefficient (Wildman–Crippen LogP) is 3.91. The van der Waals surface area contributed by atoms with Crippen molar-refractivity contribution in [3.05, 3.63) is 28.2 Å². The van der Waals surface area contributed by atoms with E-state index in [0.29, 0.717) is 12.6 Å². The first-order valence-electron chi connectivity index (χ1n) is 5.84. The third kappa shape index (κ3) is 3.80. The molecule has 3 heteroatoms. The lowest BCUT2D eigenvalue weighted by atomic mass is 10.1. The number of nitrogens with one attached hydrogen (secondary N) is 1. The maximum Gasteiger partial charge on any atom is 0.124 e. The van der Waals surface area contributed by atoms with Gasteiger partial charge in [0.15, 0.2) is 0 Å². The predicted molar refractivity (Wildman–Crippen MR) is 72.0 cm³/mol. The van der Waals surface area contributed by atoms with Gasteiger partial charge in [0.05, 0.1) is 6.61 Å². The summed E-state index contributed by atoms with van der Waals surface area (Å²) in [6, 6.07) is 6.48. The molecule has 1 aromatic rings. The molecule has 0 amide bonds. The Labute approximate surface area is 107 Å². The van der Waals surface area contributed by atoms with Gasteiger partial charge in [-0.3, -0.25) is 0 Å². The molecule has 90 valence electrons. The summed E-state index contributed by atoms with van der Waals surface area (Å²) in [5.74, 6) is 0.974. The van der Waals surface area contributed by atoms with Crippen molar-refractivity contribution in [3.8, 4) is 5.75 Å². The van der Waals surface area contributed by atoms with E-state index in [1.807, 2.05) is 19.1 Å². The molecule has 0 aromatic heterocycles. The minimum Gasteiger partial charge on any atom is -0.494 e. The van der Waals surface area contributed by atoms with E-state index in [1.54, 1.807) is 0 Å². The third-order valence-corrected chi connectivity index (χ3v) is 2.93. The Morgan fingerprint density at radius 1 is 1.38 bits per heavy atom. The molecular weight excluding hydrogens is 266 g/mol. The summed E-state index contributed by atoms with van der Waals surface area (Å²) in [5, 5.41) is 3.47. The Hall–Kier alpha value is -0.540. The highest BCUT2D eigenvalue weighted by Gasteiger charge is 2.11. The van der Waals surface area contributed by atoms with E-state index in [0.717, 1.165) is 23.2 Å². The minimum atomic E-state index is 0.319. The van der Waals surface area contributed by atoms with Crippen LogP contribution in [0.25, 0.3) is 0 Å². The van der Waals surface area contributed by atoms with Crippen molar-refractivity contribution in [1.82, 2.24) is 5.32 Å². The second-order valence-electron chi connectivity index (χ2n) is 3.79. The molecule has 0 heterocycles. The van der Waals surface area contributed by atoms with Crippen LogP contribution in [0.2, 0.25) is 0 Å². The summed E-state index contributed by atoms with van der Waals surface area (Å²) < 4.78 is 6.73. The van der Waals surface area contributed by atoms with Gasteiger partial charge in [-0.1, -0.05) is 22.9 Å². The zero-order valence-electron chi connectivity index (χ0n) is 10.2. The van der Waals surface area contributed by atoms with Crippen LogP contribution < -0.4 is 10.1 Å². The molecule has 0 aliphatic rings. The Kier molecular flexibility index (Phi) is 5.85. The summed E-state index contributed by atoms with van der Waals surface area (Å²) in [5.41, 5.74) is 1.21. The van der Waals surface area contributed by atoms with Gasteiger partial charge < -0.3 is 10.1 Å². The second-order valence-corrected chi connectivity index (χ2v) is 4.71. The molecule has 0 saturated heterocycles. The Morgan fingerprint density at radius 3 is 2.75 bits per heavy atom. The lowest BCUT2D eigenvalue weighted by molar-refractivity contribution is 0.332. The number of hydrogen-bond donors (Lipinski definition) is 1. The summed E-state index contributed by atoms with van der Waals surface area (Å²) in [4.78, 5) is 0. The van der Waals surface area contributed by atoms with Crippen LogP contribution in [0.15, 0.2) is 22.7 Å². The van der Waals surface area contributed by atoms with Crippen molar-refractivity contribution in [3.63, 3.8) is 0 Å². The number of hydrogen-bond acceptors (Lipinski definition) is 2. The first kappa shape index (κ1) is 13.5. The average molecular weight is 286 g/mol. The summed E-state index contributed by atoms with van der Waals surface area (Å²) in [6.07, 6.45) is 1.14. The van der Waals surface area contributed by atoms with E-state index in [2.05, 4.69) is 41.2 Å². The highest BCUT2D eigenvalue weighted by molar-refractivity contribution is 9.10. The van der Waals surface area contributed by atoms with Crippen molar-refractivity contribution in [2.75, 3.05) is 13.2 Å². The largest absolute Gasteiger partial charge is 0.494 e. The van der Waals surface area contributed by atoms with Crippen molar-refractivity contribution >= 4 is 15.9 Å². The van der Waals surface area contributed by atoms with Crippen molar-refractivity contribution < 1.29 is 4.74 Å². The summed E-state index contributed by atoms with van der Waals surface area (Å²) in [6.45, 7) is 8.08. The van der Waals surface area contributed by atoms with Gasteiger partial charge in [0.2, 0.25) is 0 Å². The van der Waals surface area contributed by atoms with E-state index in [4.69, 9.17) is 4.74 Å². The van der Waals surface area contributed by atoms with Crippen LogP contribution in [0.5, 0.6) is 5.75 Å². The smallest absolute Gasteiger partial charge is 0.124 e. The van der Waals surface area contributed by atoms with E-state index in [9.17, 15) is 0 Å². The standard InChI is InChI=1S/C13H20BrNO/c1-4-8-15-10(3)12-9-11(14)6-7-13(12)16-5-2/h6-7,9-10,15H,4-5,8H2,1-3H3. The molecule has 0 spiro atoms. The van der Waals surface area contributed by atoms with Gasteiger partial charge in [-0.2, -0.15) is 0 Å². The van der Waals surface area contributed by atoms with Gasteiger partial charge in [0.25, 0.3) is 0 Å². The Bertz CT molecular complexity index is 328. The molecule has 0 aliphatic heterocycles. The maximum absolute atomic E-state index is 5.63. The van der Waals surface area contributed by atoms with Gasteiger partial charge in [0.1, 0.15) is 5.75 Å². The lowest BCUT2D eigenvalue weighted by Gasteiger charge is -2.18. The first-order valence-corrected chi connectivity index (χ1v) is 6.64. The highest BCUT2D eigenvalue weighted by Crippen LogP contribution is 2.28. The van der Waals surface area contributed by atoms with Crippen LogP contribution in [-0.4, -0.2) is 13.2 Å². The fourth-order valence-electron chi connectivity index (χ4n) is 1.62. The molecule has 0 saturated carbocycles. The molecule has 0 bridgehead atoms. The highest BCUT2D eigenvalue weighted by atomic mass is 79.9. The molecule has 1 aromatic carbocycles. The summed E-state index contributed by atoms with van der Waals surface area (Å²) in [7, 11) is 0. The molecule has 0 radical (unpaired) electrons. The third-order valence-electron chi connectivity index (χ3n) is 2.44. The number of rotatable bonds is 6. The fourth-order valence-corrected chi connectivity index (χ4v) is 1.99. The van der Waals surface area contributed by atoms with Gasteiger partial charge >= 0.3 is 0 Å². The van der Waals surface area contributed by atoms with Crippen molar-refractivity contribution in [2.45, 2.75) is 33.2 Å². The van der Waals surface area contributed by atoms with Gasteiger partial charge in [0, 0.05) is 16.1 Å². The quantitative estimate of drug-likeness (QED) is 0.856. The van der Waals surface area contributed by atoms with Crippen LogP contribution >= 0.6 is 15.9 Å². The zero-order chi connectivity index (χ0) is 12.0. The molecule has 1 rings (SSSR count). The molecule has 16 heavy (non-hydrogen) atoms. The van der Waals surface area contributed by atoms with Gasteiger partial charge in [-0.05, 0) is 45.0 Å². The second kappa shape index (κ2) is 6.92. The zero-order valence-corrected chi connectivity index (χ0v) is 11.8. The average Bonchev–Trinajstić information content (AvgIpc) is 2.28. The fraction of sp³-hybridized carbons (Fsp3) is 0.538. The van der Waals surface area contributed by atoms with Crippen LogP contribution in [-0.2, 0) is 0 Å². The van der Waals surface area contributed by atoms with E-state index in [1.165, 1.54) is 5.56 Å². The van der Waals surface area contributed by atoms with Crippen LogP contribution in [0.1, 0.15) is 38.8 Å². The molecular formula is C13H20BrNO. The SMILES string of the molecule is CCCNC(C)c1cc(Br)ccc1OCC. The molecule has 0 fully saturated rings. The van der Waals surface area contributed by atoms with Crippen LogP contribution in [0, 0.1) is 0 Å². The topological polar surface area (TPSA) is 21.3 Å². The van der Waals surface area contributed by atoms with Gasteiger partial charge in [-0.15, -0.1) is 0 Å². The maximum atomic E-state index is 5.63. The monoisotopic (exact) mass is 285 g/mol. The molecule has 2 nitrogen and oxygen atoms in total. The van der Waals surface area contributed by atoms with Crippen molar-refractivity contribution in [1.29, 1.82) is 0 Å². The molecule has 1 N–H and O–H groups in total. The van der Waals surface area contributed by atoms with E-state index in [-0.39, 0.29) is 0 Å². The lowest BCUT2D eigenvalue weighted by Crippen LogP contribution is -2.20. The van der Waals surface area contributed by atoms with Crippen molar-refractivity contribution in [2.24, 2.45) is 0 Å². The molecule has 1 atom stereocenters. The number of benzene rings is 1. The van der Waals surface area contributed by atoms with Crippen LogP contribution in [0.3, 0.4) is 0 Å². The van der Waals surface area contributed by atoms with Gasteiger partial charge in [-0.25, -0.2) is 0 Å². The minimum absolute atomic E-state index is 0.319. The Morgan fingerprint density at radius 2 is 2.12 bits per heavy atom. The summed E-state index contributed by atoms with van der Waals surface area (Å²) >= 11 is 3.50. The molecule has 0 aliphatic carbocycles. The van der Waals surface area contributed by atoms with E-state index >= 15 is 0 Å². The molecule has 1 unspecified atom stereocenters.